The van der Waals surface area contributed by atoms with E-state index in [1.807, 2.05) is 0 Å². The Morgan fingerprint density at radius 1 is 1.04 bits per heavy atom. The summed E-state index contributed by atoms with van der Waals surface area (Å²) < 4.78 is 23.0. The van der Waals surface area contributed by atoms with E-state index in [4.69, 9.17) is 0 Å². The SMILES string of the molecule is COC(=O)CC[C@@H](NC(=O)[C@@H](Cc1ccccc1F)NC(C)=O)C(=O)OC. The van der Waals surface area contributed by atoms with Crippen LogP contribution in [0.2, 0.25) is 0 Å². The number of rotatable bonds is 9. The number of carbonyl (C=O) groups is 4. The Balaban J connectivity index is 2.90. The summed E-state index contributed by atoms with van der Waals surface area (Å²) in [6, 6.07) is 3.63. The predicted octanol–water partition coefficient (Wildman–Crippen LogP) is 0.484. The van der Waals surface area contributed by atoms with Crippen LogP contribution in [0.1, 0.15) is 25.3 Å². The molecular formula is C18H23FN2O6. The molecule has 0 heterocycles. The highest BCUT2D eigenvalue weighted by Crippen LogP contribution is 2.10. The Bertz CT molecular complexity index is 694. The number of halogens is 1. The van der Waals surface area contributed by atoms with Crippen LogP contribution >= 0.6 is 0 Å². The van der Waals surface area contributed by atoms with Gasteiger partial charge in [-0.05, 0) is 18.1 Å². The molecule has 1 rings (SSSR count). The highest BCUT2D eigenvalue weighted by atomic mass is 19.1. The second-order valence-electron chi connectivity index (χ2n) is 5.75. The Hall–Kier alpha value is -2.97. The van der Waals surface area contributed by atoms with Gasteiger partial charge in [-0.1, -0.05) is 18.2 Å². The number of hydrogen-bond acceptors (Lipinski definition) is 6. The average molecular weight is 382 g/mol. The number of nitrogens with one attached hydrogen (secondary N) is 2. The lowest BCUT2D eigenvalue weighted by molar-refractivity contribution is -0.146. The normalized spacial score (nSPS) is 12.4. The molecule has 0 aliphatic rings. The maximum atomic E-state index is 13.9. The molecule has 0 saturated carbocycles. The van der Waals surface area contributed by atoms with E-state index < -0.39 is 41.7 Å². The molecule has 27 heavy (non-hydrogen) atoms. The van der Waals surface area contributed by atoms with Crippen LogP contribution in [0.5, 0.6) is 0 Å². The van der Waals surface area contributed by atoms with Crippen molar-refractivity contribution in [2.24, 2.45) is 0 Å². The van der Waals surface area contributed by atoms with Crippen LogP contribution in [0.3, 0.4) is 0 Å². The highest BCUT2D eigenvalue weighted by molar-refractivity contribution is 5.90. The number of carbonyl (C=O) groups excluding carboxylic acids is 4. The second kappa shape index (κ2) is 10.9. The van der Waals surface area contributed by atoms with Gasteiger partial charge < -0.3 is 20.1 Å². The summed E-state index contributed by atoms with van der Waals surface area (Å²) in [5, 5.41) is 4.87. The summed E-state index contributed by atoms with van der Waals surface area (Å²) in [6.45, 7) is 1.22. The number of ether oxygens (including phenoxy) is 2. The molecule has 0 spiro atoms. The highest BCUT2D eigenvalue weighted by Gasteiger charge is 2.28. The molecule has 1 aromatic rings. The van der Waals surface area contributed by atoms with Gasteiger partial charge in [0.2, 0.25) is 11.8 Å². The molecule has 0 aliphatic carbocycles. The van der Waals surface area contributed by atoms with Crippen molar-refractivity contribution in [2.75, 3.05) is 14.2 Å². The van der Waals surface area contributed by atoms with E-state index in [0.29, 0.717) is 0 Å². The van der Waals surface area contributed by atoms with Gasteiger partial charge in [-0.2, -0.15) is 0 Å². The van der Waals surface area contributed by atoms with Gasteiger partial charge in [0.05, 0.1) is 14.2 Å². The van der Waals surface area contributed by atoms with E-state index in [-0.39, 0.29) is 24.8 Å². The van der Waals surface area contributed by atoms with E-state index >= 15 is 0 Å². The molecule has 2 N–H and O–H groups in total. The van der Waals surface area contributed by atoms with Crippen LogP contribution in [0.4, 0.5) is 4.39 Å². The summed E-state index contributed by atoms with van der Waals surface area (Å²) in [6.07, 6.45) is -0.269. The molecule has 2 atom stereocenters. The maximum absolute atomic E-state index is 13.9. The van der Waals surface area contributed by atoms with Crippen LogP contribution in [0, 0.1) is 5.82 Å². The predicted molar refractivity (Wildman–Crippen MR) is 92.9 cm³/mol. The van der Waals surface area contributed by atoms with Gasteiger partial charge in [0, 0.05) is 19.8 Å². The average Bonchev–Trinajstić information content (AvgIpc) is 2.64. The topological polar surface area (TPSA) is 111 Å². The number of methoxy groups -OCH3 is 2. The first-order valence-corrected chi connectivity index (χ1v) is 8.24. The number of esters is 2. The third-order valence-electron chi connectivity index (χ3n) is 3.74. The minimum atomic E-state index is -1.11. The molecule has 9 heteroatoms. The molecule has 148 valence electrons. The first-order valence-electron chi connectivity index (χ1n) is 8.24. The fourth-order valence-corrected chi connectivity index (χ4v) is 2.37. The third-order valence-corrected chi connectivity index (χ3v) is 3.74. The molecule has 0 aromatic heterocycles. The molecular weight excluding hydrogens is 359 g/mol. The minimum absolute atomic E-state index is 0.0441. The number of hydrogen-bond donors (Lipinski definition) is 2. The lowest BCUT2D eigenvalue weighted by atomic mass is 10.0. The van der Waals surface area contributed by atoms with Crippen molar-refractivity contribution in [3.05, 3.63) is 35.6 Å². The molecule has 0 unspecified atom stereocenters. The van der Waals surface area contributed by atoms with E-state index in [0.717, 1.165) is 7.11 Å². The van der Waals surface area contributed by atoms with Crippen LogP contribution in [0.15, 0.2) is 24.3 Å². The van der Waals surface area contributed by atoms with Gasteiger partial charge in [-0.25, -0.2) is 9.18 Å². The first-order chi connectivity index (χ1) is 12.8. The van der Waals surface area contributed by atoms with E-state index in [1.165, 1.54) is 32.2 Å². The van der Waals surface area contributed by atoms with Gasteiger partial charge in [0.25, 0.3) is 0 Å². The van der Waals surface area contributed by atoms with Crippen molar-refractivity contribution in [1.29, 1.82) is 0 Å². The largest absolute Gasteiger partial charge is 0.469 e. The Kier molecular flexibility index (Phi) is 8.91. The van der Waals surface area contributed by atoms with E-state index in [9.17, 15) is 23.6 Å². The monoisotopic (exact) mass is 382 g/mol. The van der Waals surface area contributed by atoms with Crippen molar-refractivity contribution >= 4 is 23.8 Å². The third kappa shape index (κ3) is 7.43. The minimum Gasteiger partial charge on any atom is -0.469 e. The second-order valence-corrected chi connectivity index (χ2v) is 5.75. The summed E-state index contributed by atoms with van der Waals surface area (Å²) in [7, 11) is 2.35. The van der Waals surface area contributed by atoms with Gasteiger partial charge in [-0.3, -0.25) is 14.4 Å². The van der Waals surface area contributed by atoms with Crippen LogP contribution in [-0.4, -0.2) is 50.1 Å². The summed E-state index contributed by atoms with van der Waals surface area (Å²) in [4.78, 5) is 47.1. The number of benzene rings is 1. The van der Waals surface area contributed by atoms with Crippen molar-refractivity contribution < 1.29 is 33.0 Å². The number of amides is 2. The van der Waals surface area contributed by atoms with Crippen LogP contribution < -0.4 is 10.6 Å². The van der Waals surface area contributed by atoms with Crippen LogP contribution in [-0.2, 0) is 35.1 Å². The molecule has 8 nitrogen and oxygen atoms in total. The van der Waals surface area contributed by atoms with Crippen LogP contribution in [0.25, 0.3) is 0 Å². The smallest absolute Gasteiger partial charge is 0.328 e. The molecule has 1 aromatic carbocycles. The Labute approximate surface area is 156 Å². The summed E-state index contributed by atoms with van der Waals surface area (Å²) >= 11 is 0. The van der Waals surface area contributed by atoms with Crippen molar-refractivity contribution in [3.63, 3.8) is 0 Å². The Morgan fingerprint density at radius 3 is 2.26 bits per heavy atom. The van der Waals surface area contributed by atoms with Crippen molar-refractivity contribution in [3.8, 4) is 0 Å². The first kappa shape index (κ1) is 22.1. The van der Waals surface area contributed by atoms with Gasteiger partial charge in [0.1, 0.15) is 17.9 Å². The molecule has 0 saturated heterocycles. The summed E-state index contributed by atoms with van der Waals surface area (Å²) in [5.41, 5.74) is 0.232. The molecule has 2 amide bonds. The van der Waals surface area contributed by atoms with Gasteiger partial charge >= 0.3 is 11.9 Å². The van der Waals surface area contributed by atoms with E-state index in [2.05, 4.69) is 20.1 Å². The molecule has 0 fully saturated rings. The zero-order chi connectivity index (χ0) is 20.4. The quantitative estimate of drug-likeness (QED) is 0.601. The van der Waals surface area contributed by atoms with Crippen molar-refractivity contribution in [2.45, 2.75) is 38.3 Å². The zero-order valence-corrected chi connectivity index (χ0v) is 15.4. The lowest BCUT2D eigenvalue weighted by Crippen LogP contribution is -2.52. The fourth-order valence-electron chi connectivity index (χ4n) is 2.37. The van der Waals surface area contributed by atoms with Gasteiger partial charge in [-0.15, -0.1) is 0 Å². The summed E-state index contributed by atoms with van der Waals surface area (Å²) in [5.74, 6) is -3.01. The molecule has 0 aliphatic heterocycles. The van der Waals surface area contributed by atoms with Gasteiger partial charge in [0.15, 0.2) is 0 Å². The molecule has 0 bridgehead atoms. The standard InChI is InChI=1S/C18H23FN2O6/c1-11(22)20-15(10-12-6-4-5-7-13(12)19)17(24)21-14(18(25)27-3)8-9-16(23)26-2/h4-7,14-15H,8-10H2,1-3H3,(H,20,22)(H,21,24)/t14-,15-/m1/s1. The molecule has 0 radical (unpaired) electrons. The van der Waals surface area contributed by atoms with E-state index in [1.54, 1.807) is 6.07 Å². The maximum Gasteiger partial charge on any atom is 0.328 e. The Morgan fingerprint density at radius 2 is 1.70 bits per heavy atom. The zero-order valence-electron chi connectivity index (χ0n) is 15.4. The lowest BCUT2D eigenvalue weighted by Gasteiger charge is -2.22. The van der Waals surface area contributed by atoms with Crippen molar-refractivity contribution in [1.82, 2.24) is 10.6 Å². The fraction of sp³-hybridized carbons (Fsp3) is 0.444.